The molecule has 0 aromatic heterocycles. The highest BCUT2D eigenvalue weighted by molar-refractivity contribution is 6.03. The molecule has 1 aromatic carbocycles. The van der Waals surface area contributed by atoms with Crippen LogP contribution in [0, 0.1) is 0 Å². The summed E-state index contributed by atoms with van der Waals surface area (Å²) in [6.45, 7) is 8.80. The molecule has 0 spiro atoms. The van der Waals surface area contributed by atoms with E-state index in [4.69, 9.17) is 4.74 Å². The zero-order valence-electron chi connectivity index (χ0n) is 16.2. The minimum Gasteiger partial charge on any atom is -0.450 e. The van der Waals surface area contributed by atoms with Crippen LogP contribution in [0.1, 0.15) is 31.1 Å². The van der Waals surface area contributed by atoms with Crippen LogP contribution < -0.4 is 5.32 Å². The Labute approximate surface area is 160 Å². The van der Waals surface area contributed by atoms with Gasteiger partial charge in [0.2, 0.25) is 0 Å². The third kappa shape index (κ3) is 5.12. The maximum absolute atomic E-state index is 12.9. The quantitative estimate of drug-likeness (QED) is 0.856. The Morgan fingerprint density at radius 3 is 2.19 bits per heavy atom. The van der Waals surface area contributed by atoms with Crippen molar-refractivity contribution in [3.05, 3.63) is 29.8 Å². The van der Waals surface area contributed by atoms with Gasteiger partial charge in [-0.15, -0.1) is 0 Å². The number of carbonyl (C=O) groups excluding carboxylic acids is 3. The van der Waals surface area contributed by atoms with E-state index >= 15 is 0 Å². The number of hydrogen-bond donors (Lipinski definition) is 1. The monoisotopic (exact) mass is 376 g/mol. The van der Waals surface area contributed by atoms with E-state index in [2.05, 4.69) is 5.32 Å². The molecule has 1 fully saturated rings. The topological polar surface area (TPSA) is 82.2 Å². The molecule has 1 aromatic rings. The van der Waals surface area contributed by atoms with Gasteiger partial charge < -0.3 is 24.8 Å². The van der Waals surface area contributed by atoms with Crippen molar-refractivity contribution in [2.75, 3.05) is 51.2 Å². The number of benzene rings is 1. The molecule has 0 saturated carbocycles. The molecule has 1 aliphatic heterocycles. The van der Waals surface area contributed by atoms with E-state index in [1.165, 1.54) is 0 Å². The Morgan fingerprint density at radius 1 is 1.00 bits per heavy atom. The second-order valence-corrected chi connectivity index (χ2v) is 6.13. The van der Waals surface area contributed by atoms with Crippen LogP contribution in [-0.4, -0.2) is 78.6 Å². The van der Waals surface area contributed by atoms with Crippen molar-refractivity contribution in [2.24, 2.45) is 0 Å². The normalized spacial score (nSPS) is 13.9. The molecule has 1 N–H and O–H groups in total. The van der Waals surface area contributed by atoms with Gasteiger partial charge in [-0.2, -0.15) is 0 Å². The first-order valence-electron chi connectivity index (χ1n) is 9.37. The molecule has 0 radical (unpaired) electrons. The summed E-state index contributed by atoms with van der Waals surface area (Å²) in [5, 5.41) is 2.83. The average molecular weight is 376 g/mol. The number of piperazine rings is 1. The molecule has 0 atom stereocenters. The molecule has 27 heavy (non-hydrogen) atoms. The van der Waals surface area contributed by atoms with E-state index in [9.17, 15) is 14.4 Å². The van der Waals surface area contributed by atoms with Gasteiger partial charge in [0.1, 0.15) is 0 Å². The molecule has 4 amide bonds. The van der Waals surface area contributed by atoms with Gasteiger partial charge in [0, 0.05) is 39.3 Å². The highest BCUT2D eigenvalue weighted by Crippen LogP contribution is 2.19. The lowest BCUT2D eigenvalue weighted by Crippen LogP contribution is -2.50. The number of ether oxygens (including phenoxy) is 1. The molecule has 0 bridgehead atoms. The lowest BCUT2D eigenvalue weighted by molar-refractivity contribution is 0.0571. The number of hydrogen-bond acceptors (Lipinski definition) is 4. The summed E-state index contributed by atoms with van der Waals surface area (Å²) in [6, 6.07) is 6.76. The van der Waals surface area contributed by atoms with E-state index in [0.717, 1.165) is 0 Å². The van der Waals surface area contributed by atoms with Gasteiger partial charge in [-0.25, -0.2) is 9.59 Å². The van der Waals surface area contributed by atoms with Crippen molar-refractivity contribution in [3.8, 4) is 0 Å². The number of carbonyl (C=O) groups is 3. The van der Waals surface area contributed by atoms with Crippen LogP contribution in [0.15, 0.2) is 24.3 Å². The first-order valence-corrected chi connectivity index (χ1v) is 9.37. The molecule has 1 heterocycles. The molecule has 2 rings (SSSR count). The molecule has 8 nitrogen and oxygen atoms in total. The predicted octanol–water partition coefficient (Wildman–Crippen LogP) is 2.47. The largest absolute Gasteiger partial charge is 0.450 e. The summed E-state index contributed by atoms with van der Waals surface area (Å²) in [5.74, 6) is -0.158. The summed E-state index contributed by atoms with van der Waals surface area (Å²) in [6.07, 6.45) is -0.350. The molecule has 1 saturated heterocycles. The van der Waals surface area contributed by atoms with Crippen LogP contribution >= 0.6 is 0 Å². The van der Waals surface area contributed by atoms with Crippen molar-refractivity contribution >= 4 is 23.7 Å². The number of urea groups is 1. The van der Waals surface area contributed by atoms with Crippen LogP contribution in [0.3, 0.4) is 0 Å². The van der Waals surface area contributed by atoms with Crippen molar-refractivity contribution in [1.82, 2.24) is 14.7 Å². The van der Waals surface area contributed by atoms with Crippen molar-refractivity contribution in [1.29, 1.82) is 0 Å². The Balaban J connectivity index is 2.05. The highest BCUT2D eigenvalue weighted by atomic mass is 16.6. The smallest absolute Gasteiger partial charge is 0.409 e. The van der Waals surface area contributed by atoms with Crippen molar-refractivity contribution in [3.63, 3.8) is 0 Å². The number of anilines is 1. The molecule has 1 aliphatic rings. The van der Waals surface area contributed by atoms with E-state index in [1.807, 2.05) is 13.8 Å². The number of nitrogens with one attached hydrogen (secondary N) is 1. The van der Waals surface area contributed by atoms with E-state index < -0.39 is 0 Å². The van der Waals surface area contributed by atoms with Gasteiger partial charge in [0.25, 0.3) is 5.91 Å². The Hall–Kier alpha value is -2.77. The molecule has 0 unspecified atom stereocenters. The van der Waals surface area contributed by atoms with Gasteiger partial charge in [0.15, 0.2) is 0 Å². The van der Waals surface area contributed by atoms with Crippen LogP contribution in [0.25, 0.3) is 0 Å². The van der Waals surface area contributed by atoms with E-state index in [0.29, 0.717) is 57.1 Å². The SMILES string of the molecule is CCOC(=O)N1CCN(C(=O)c2ccccc2NC(=O)N(CC)CC)CC1. The zero-order chi connectivity index (χ0) is 19.8. The molecular formula is C19H28N4O4. The number of nitrogens with zero attached hydrogens (tertiary/aromatic N) is 3. The number of para-hydroxylation sites is 1. The zero-order valence-corrected chi connectivity index (χ0v) is 16.2. The van der Waals surface area contributed by atoms with Crippen molar-refractivity contribution in [2.45, 2.75) is 20.8 Å². The maximum Gasteiger partial charge on any atom is 0.409 e. The lowest BCUT2D eigenvalue weighted by Gasteiger charge is -2.34. The Morgan fingerprint density at radius 2 is 1.59 bits per heavy atom. The van der Waals surface area contributed by atoms with Gasteiger partial charge in [-0.1, -0.05) is 12.1 Å². The third-order valence-electron chi connectivity index (χ3n) is 4.54. The predicted molar refractivity (Wildman–Crippen MR) is 103 cm³/mol. The van der Waals surface area contributed by atoms with Gasteiger partial charge in [0.05, 0.1) is 17.9 Å². The van der Waals surface area contributed by atoms with Crippen LogP contribution in [0.5, 0.6) is 0 Å². The molecule has 0 aliphatic carbocycles. The second kappa shape index (κ2) is 9.80. The summed E-state index contributed by atoms with van der Waals surface area (Å²) in [7, 11) is 0. The minimum absolute atomic E-state index is 0.158. The standard InChI is InChI=1S/C19H28N4O4/c1-4-21(5-2)18(25)20-16-10-8-7-9-15(16)17(24)22-11-13-23(14-12-22)19(26)27-6-3/h7-10H,4-6,11-14H2,1-3H3,(H,20,25). The summed E-state index contributed by atoms with van der Waals surface area (Å²) in [4.78, 5) is 42.0. The number of rotatable bonds is 5. The van der Waals surface area contributed by atoms with Crippen molar-refractivity contribution < 1.29 is 19.1 Å². The second-order valence-electron chi connectivity index (χ2n) is 6.13. The van der Waals surface area contributed by atoms with Gasteiger partial charge >= 0.3 is 12.1 Å². The fraction of sp³-hybridized carbons (Fsp3) is 0.526. The highest BCUT2D eigenvalue weighted by Gasteiger charge is 2.27. The third-order valence-corrected chi connectivity index (χ3v) is 4.54. The summed E-state index contributed by atoms with van der Waals surface area (Å²) >= 11 is 0. The Kier molecular flexibility index (Phi) is 7.45. The van der Waals surface area contributed by atoms with Gasteiger partial charge in [-0.05, 0) is 32.9 Å². The fourth-order valence-electron chi connectivity index (χ4n) is 2.96. The summed E-state index contributed by atoms with van der Waals surface area (Å²) in [5.41, 5.74) is 0.940. The van der Waals surface area contributed by atoms with Gasteiger partial charge in [-0.3, -0.25) is 4.79 Å². The van der Waals surface area contributed by atoms with Crippen LogP contribution in [0.2, 0.25) is 0 Å². The molecule has 148 valence electrons. The summed E-state index contributed by atoms with van der Waals surface area (Å²) < 4.78 is 5.00. The minimum atomic E-state index is -0.350. The first-order chi connectivity index (χ1) is 13.0. The maximum atomic E-state index is 12.9. The van der Waals surface area contributed by atoms with Crippen LogP contribution in [0.4, 0.5) is 15.3 Å². The first kappa shape index (κ1) is 20.5. The van der Waals surface area contributed by atoms with E-state index in [-0.39, 0.29) is 18.0 Å². The van der Waals surface area contributed by atoms with Crippen LogP contribution in [-0.2, 0) is 4.74 Å². The average Bonchev–Trinajstić information content (AvgIpc) is 2.69. The lowest BCUT2D eigenvalue weighted by atomic mass is 10.1. The van der Waals surface area contributed by atoms with E-state index in [1.54, 1.807) is 45.9 Å². The molecule has 8 heteroatoms. The number of amides is 4. The molecular weight excluding hydrogens is 348 g/mol. The fourth-order valence-corrected chi connectivity index (χ4v) is 2.96. The Bertz CT molecular complexity index is 667.